The SMILES string of the molecule is C=C/C=C\C1=C(C)C(N(c2ccc(-c3ccc4oc5ccccc5c4c3)cc2)c2ccc3ccccc3c2)Cc2ccccc21. The summed E-state index contributed by atoms with van der Waals surface area (Å²) in [5.74, 6) is 0. The fourth-order valence-electron chi connectivity index (χ4n) is 6.94. The minimum Gasteiger partial charge on any atom is -0.456 e. The minimum atomic E-state index is 0.144. The number of nitrogens with zero attached hydrogens (tertiary/aromatic N) is 1. The van der Waals surface area contributed by atoms with Gasteiger partial charge in [0, 0.05) is 22.1 Å². The number of hydrogen-bond acceptors (Lipinski definition) is 2. The van der Waals surface area contributed by atoms with E-state index < -0.39 is 0 Å². The Balaban J connectivity index is 1.25. The predicted molar refractivity (Wildman–Crippen MR) is 191 cm³/mol. The molecule has 1 aromatic heterocycles. The monoisotopic (exact) mass is 579 g/mol. The van der Waals surface area contributed by atoms with E-state index in [1.165, 1.54) is 55.5 Å². The smallest absolute Gasteiger partial charge is 0.135 e. The molecule has 0 spiro atoms. The fourth-order valence-corrected chi connectivity index (χ4v) is 6.94. The standard InChI is InChI=1S/C43H33NO/c1-3-4-14-37-29(2)41(28-34-13-7-8-15-38(34)37)44(36-24-20-30-11-5-6-12-32(30)26-36)35-22-18-31(19-23-35)33-21-25-43-40(27-33)39-16-9-10-17-42(39)45-43/h3-27,41H,1,28H2,2H3/b14-4-. The van der Waals surface area contributed by atoms with Crippen LogP contribution in [0.1, 0.15) is 18.1 Å². The summed E-state index contributed by atoms with van der Waals surface area (Å²) in [5, 5.41) is 4.78. The number of fused-ring (bicyclic) bond motifs is 5. The van der Waals surface area contributed by atoms with Gasteiger partial charge in [0.15, 0.2) is 0 Å². The Kier molecular flexibility index (Phi) is 6.69. The van der Waals surface area contributed by atoms with Gasteiger partial charge in [0.1, 0.15) is 11.2 Å². The number of allylic oxidation sites excluding steroid dienone is 4. The maximum absolute atomic E-state index is 6.09. The van der Waals surface area contributed by atoms with Gasteiger partial charge in [-0.15, -0.1) is 0 Å². The lowest BCUT2D eigenvalue weighted by molar-refractivity contribution is 0.669. The average molecular weight is 580 g/mol. The maximum Gasteiger partial charge on any atom is 0.135 e. The van der Waals surface area contributed by atoms with Gasteiger partial charge in [0.25, 0.3) is 0 Å². The molecule has 0 fully saturated rings. The summed E-state index contributed by atoms with van der Waals surface area (Å²) in [6.07, 6.45) is 7.04. The molecule has 216 valence electrons. The van der Waals surface area contributed by atoms with E-state index in [-0.39, 0.29) is 6.04 Å². The van der Waals surface area contributed by atoms with Gasteiger partial charge in [-0.2, -0.15) is 0 Å². The first-order chi connectivity index (χ1) is 22.2. The molecule has 0 saturated carbocycles. The molecular weight excluding hydrogens is 546 g/mol. The van der Waals surface area contributed by atoms with Gasteiger partial charge in [-0.1, -0.05) is 116 Å². The minimum absolute atomic E-state index is 0.144. The zero-order chi connectivity index (χ0) is 30.3. The van der Waals surface area contributed by atoms with Crippen LogP contribution in [0.25, 0.3) is 49.4 Å². The van der Waals surface area contributed by atoms with E-state index in [1.54, 1.807) is 0 Å². The first-order valence-corrected chi connectivity index (χ1v) is 15.6. The van der Waals surface area contributed by atoms with Crippen LogP contribution in [-0.4, -0.2) is 6.04 Å². The molecule has 45 heavy (non-hydrogen) atoms. The molecule has 0 N–H and O–H groups in total. The highest BCUT2D eigenvalue weighted by Crippen LogP contribution is 2.41. The molecule has 8 rings (SSSR count). The van der Waals surface area contributed by atoms with Gasteiger partial charge in [-0.25, -0.2) is 0 Å². The third-order valence-electron chi connectivity index (χ3n) is 9.22. The Morgan fingerprint density at radius 1 is 0.667 bits per heavy atom. The maximum atomic E-state index is 6.09. The van der Waals surface area contributed by atoms with Crippen molar-refractivity contribution in [3.8, 4) is 11.1 Å². The normalized spacial score (nSPS) is 14.8. The molecule has 0 aliphatic heterocycles. The lowest BCUT2D eigenvalue weighted by Crippen LogP contribution is -2.36. The number of anilines is 2. The van der Waals surface area contributed by atoms with Gasteiger partial charge in [0.2, 0.25) is 0 Å². The molecule has 7 aromatic rings. The van der Waals surface area contributed by atoms with Crippen molar-refractivity contribution in [2.45, 2.75) is 19.4 Å². The number of benzene rings is 6. The zero-order valence-electron chi connectivity index (χ0n) is 25.3. The highest BCUT2D eigenvalue weighted by Gasteiger charge is 2.30. The van der Waals surface area contributed by atoms with Crippen molar-refractivity contribution < 1.29 is 4.42 Å². The predicted octanol–water partition coefficient (Wildman–Crippen LogP) is 11.7. The lowest BCUT2D eigenvalue weighted by atomic mass is 9.81. The van der Waals surface area contributed by atoms with Gasteiger partial charge >= 0.3 is 0 Å². The van der Waals surface area contributed by atoms with Crippen LogP contribution in [-0.2, 0) is 6.42 Å². The molecule has 1 aliphatic carbocycles. The molecule has 0 bridgehead atoms. The van der Waals surface area contributed by atoms with E-state index in [4.69, 9.17) is 4.42 Å². The van der Waals surface area contributed by atoms with Crippen LogP contribution < -0.4 is 4.90 Å². The Morgan fingerprint density at radius 3 is 2.24 bits per heavy atom. The Hall–Kier alpha value is -5.60. The topological polar surface area (TPSA) is 16.4 Å². The summed E-state index contributed by atoms with van der Waals surface area (Å²) in [5.41, 5.74) is 11.8. The summed E-state index contributed by atoms with van der Waals surface area (Å²) in [6.45, 7) is 6.23. The van der Waals surface area contributed by atoms with Gasteiger partial charge in [-0.05, 0) is 100.0 Å². The van der Waals surface area contributed by atoms with Crippen LogP contribution in [0.4, 0.5) is 11.4 Å². The molecule has 1 aliphatic rings. The highest BCUT2D eigenvalue weighted by atomic mass is 16.3. The van der Waals surface area contributed by atoms with Crippen LogP contribution >= 0.6 is 0 Å². The van der Waals surface area contributed by atoms with Gasteiger partial charge in [0.05, 0.1) is 6.04 Å². The number of rotatable bonds is 6. The highest BCUT2D eigenvalue weighted by molar-refractivity contribution is 6.06. The fraction of sp³-hybridized carbons (Fsp3) is 0.0698. The Morgan fingerprint density at radius 2 is 1.38 bits per heavy atom. The molecule has 2 heteroatoms. The quantitative estimate of drug-likeness (QED) is 0.182. The molecule has 0 saturated heterocycles. The second-order valence-corrected chi connectivity index (χ2v) is 11.8. The Bertz CT molecular complexity index is 2280. The van der Waals surface area contributed by atoms with E-state index in [0.717, 1.165) is 28.4 Å². The van der Waals surface area contributed by atoms with Crippen molar-refractivity contribution in [2.75, 3.05) is 4.90 Å². The summed E-state index contributed by atoms with van der Waals surface area (Å²) >= 11 is 0. The number of furan rings is 1. The van der Waals surface area contributed by atoms with Crippen molar-refractivity contribution in [3.63, 3.8) is 0 Å². The van der Waals surface area contributed by atoms with Crippen molar-refractivity contribution >= 4 is 49.7 Å². The van der Waals surface area contributed by atoms with E-state index in [2.05, 4.69) is 146 Å². The van der Waals surface area contributed by atoms with Crippen LogP contribution in [0, 0.1) is 0 Å². The molecular formula is C43H33NO. The zero-order valence-corrected chi connectivity index (χ0v) is 25.3. The summed E-state index contributed by atoms with van der Waals surface area (Å²) in [7, 11) is 0. The van der Waals surface area contributed by atoms with Crippen LogP contribution in [0.5, 0.6) is 0 Å². The Labute approximate surface area is 263 Å². The van der Waals surface area contributed by atoms with Crippen LogP contribution in [0.2, 0.25) is 0 Å². The molecule has 0 radical (unpaired) electrons. The molecule has 1 atom stereocenters. The summed E-state index contributed by atoms with van der Waals surface area (Å²) in [4.78, 5) is 2.52. The second-order valence-electron chi connectivity index (χ2n) is 11.8. The van der Waals surface area contributed by atoms with E-state index in [9.17, 15) is 0 Å². The molecule has 1 unspecified atom stereocenters. The van der Waals surface area contributed by atoms with Crippen LogP contribution in [0.15, 0.2) is 168 Å². The summed E-state index contributed by atoms with van der Waals surface area (Å²) in [6, 6.07) is 48.2. The average Bonchev–Trinajstić information content (AvgIpc) is 3.47. The van der Waals surface area contributed by atoms with Crippen molar-refractivity contribution in [3.05, 3.63) is 175 Å². The van der Waals surface area contributed by atoms with Crippen molar-refractivity contribution in [1.82, 2.24) is 0 Å². The van der Waals surface area contributed by atoms with Gasteiger partial charge < -0.3 is 9.32 Å². The molecule has 6 aromatic carbocycles. The third-order valence-corrected chi connectivity index (χ3v) is 9.22. The third kappa shape index (κ3) is 4.76. The van der Waals surface area contributed by atoms with E-state index >= 15 is 0 Å². The van der Waals surface area contributed by atoms with Crippen molar-refractivity contribution in [1.29, 1.82) is 0 Å². The van der Waals surface area contributed by atoms with E-state index in [0.29, 0.717) is 0 Å². The number of para-hydroxylation sites is 1. The second kappa shape index (κ2) is 11.2. The van der Waals surface area contributed by atoms with Crippen LogP contribution in [0.3, 0.4) is 0 Å². The summed E-state index contributed by atoms with van der Waals surface area (Å²) < 4.78 is 6.09. The lowest BCUT2D eigenvalue weighted by Gasteiger charge is -2.39. The van der Waals surface area contributed by atoms with Crippen molar-refractivity contribution in [2.24, 2.45) is 0 Å². The molecule has 1 heterocycles. The van der Waals surface area contributed by atoms with E-state index in [1.807, 2.05) is 24.3 Å². The van der Waals surface area contributed by atoms with Gasteiger partial charge in [-0.3, -0.25) is 0 Å². The first-order valence-electron chi connectivity index (χ1n) is 15.6. The first kappa shape index (κ1) is 27.0. The molecule has 2 nitrogen and oxygen atoms in total. The number of hydrogen-bond donors (Lipinski definition) is 0. The largest absolute Gasteiger partial charge is 0.456 e. The molecule has 0 amide bonds.